The first-order valence-electron chi connectivity index (χ1n) is 8.52. The minimum atomic E-state index is -0.00510. The number of rotatable bonds is 6. The van der Waals surface area contributed by atoms with Crippen molar-refractivity contribution in [1.29, 1.82) is 0 Å². The first kappa shape index (κ1) is 18.1. The molecule has 1 heterocycles. The van der Waals surface area contributed by atoms with Crippen LogP contribution in [0.4, 0.5) is 0 Å². The van der Waals surface area contributed by atoms with E-state index in [1.807, 2.05) is 30.3 Å². The molecule has 0 bridgehead atoms. The summed E-state index contributed by atoms with van der Waals surface area (Å²) < 4.78 is 21.9. The predicted molar refractivity (Wildman–Crippen MR) is 97.0 cm³/mol. The van der Waals surface area contributed by atoms with Crippen LogP contribution in [0.2, 0.25) is 0 Å². The number of para-hydroxylation sites is 2. The van der Waals surface area contributed by atoms with E-state index in [-0.39, 0.29) is 12.5 Å². The van der Waals surface area contributed by atoms with Crippen molar-refractivity contribution in [3.05, 3.63) is 53.6 Å². The summed E-state index contributed by atoms with van der Waals surface area (Å²) in [4.78, 5) is 14.5. The lowest BCUT2D eigenvalue weighted by atomic mass is 10.1. The van der Waals surface area contributed by atoms with Crippen molar-refractivity contribution >= 4 is 5.91 Å². The van der Waals surface area contributed by atoms with E-state index in [4.69, 9.17) is 18.9 Å². The highest BCUT2D eigenvalue weighted by atomic mass is 16.5. The zero-order valence-corrected chi connectivity index (χ0v) is 15.1. The molecule has 0 saturated carbocycles. The van der Waals surface area contributed by atoms with Gasteiger partial charge in [0, 0.05) is 24.2 Å². The van der Waals surface area contributed by atoms with Gasteiger partial charge in [0.25, 0.3) is 5.91 Å². The lowest BCUT2D eigenvalue weighted by Gasteiger charge is -2.27. The van der Waals surface area contributed by atoms with Crippen molar-refractivity contribution in [1.82, 2.24) is 4.90 Å². The number of morpholine rings is 1. The average molecular weight is 357 g/mol. The minimum absolute atomic E-state index is 0.00510. The summed E-state index contributed by atoms with van der Waals surface area (Å²) in [6, 6.07) is 12.9. The van der Waals surface area contributed by atoms with Crippen LogP contribution in [-0.2, 0) is 11.3 Å². The van der Waals surface area contributed by atoms with Crippen LogP contribution in [0, 0.1) is 0 Å². The summed E-state index contributed by atoms with van der Waals surface area (Å²) in [5.74, 6) is 1.97. The highest BCUT2D eigenvalue weighted by molar-refractivity contribution is 5.94. The van der Waals surface area contributed by atoms with Crippen LogP contribution < -0.4 is 14.2 Å². The normalized spacial score (nSPS) is 14.0. The Morgan fingerprint density at radius 2 is 1.69 bits per heavy atom. The molecule has 0 spiro atoms. The Morgan fingerprint density at radius 1 is 1.00 bits per heavy atom. The monoisotopic (exact) mass is 357 g/mol. The van der Waals surface area contributed by atoms with Gasteiger partial charge in [-0.25, -0.2) is 0 Å². The molecule has 1 saturated heterocycles. The van der Waals surface area contributed by atoms with Gasteiger partial charge in [0.05, 0.1) is 27.4 Å². The van der Waals surface area contributed by atoms with Gasteiger partial charge in [-0.2, -0.15) is 0 Å². The number of hydrogen-bond donors (Lipinski definition) is 0. The molecular formula is C20H23NO5. The van der Waals surface area contributed by atoms with E-state index in [0.29, 0.717) is 49.1 Å². The van der Waals surface area contributed by atoms with E-state index < -0.39 is 0 Å². The van der Waals surface area contributed by atoms with Crippen molar-refractivity contribution in [2.45, 2.75) is 6.61 Å². The number of methoxy groups -OCH3 is 2. The van der Waals surface area contributed by atoms with Crippen molar-refractivity contribution < 1.29 is 23.7 Å². The standard InChI is InChI=1S/C20H23NO5/c1-23-17-8-7-15(20(22)21-9-11-25-12-10-21)13-16(17)14-26-19-6-4-3-5-18(19)24-2/h3-8,13H,9-12,14H2,1-2H3. The Hall–Kier alpha value is -2.73. The summed E-state index contributed by atoms with van der Waals surface area (Å²) >= 11 is 0. The zero-order valence-electron chi connectivity index (χ0n) is 15.1. The van der Waals surface area contributed by atoms with Crippen LogP contribution in [-0.4, -0.2) is 51.3 Å². The van der Waals surface area contributed by atoms with Crippen molar-refractivity contribution in [3.63, 3.8) is 0 Å². The molecule has 138 valence electrons. The van der Waals surface area contributed by atoms with E-state index in [1.54, 1.807) is 31.3 Å². The Morgan fingerprint density at radius 3 is 2.38 bits per heavy atom. The maximum atomic E-state index is 12.7. The topological polar surface area (TPSA) is 57.2 Å². The molecule has 1 fully saturated rings. The fourth-order valence-electron chi connectivity index (χ4n) is 2.87. The lowest BCUT2D eigenvalue weighted by molar-refractivity contribution is 0.0302. The van der Waals surface area contributed by atoms with Gasteiger partial charge in [0.1, 0.15) is 12.4 Å². The van der Waals surface area contributed by atoms with Crippen LogP contribution in [0.15, 0.2) is 42.5 Å². The Kier molecular flexibility index (Phi) is 5.96. The SMILES string of the molecule is COc1ccc(C(=O)N2CCOCC2)cc1COc1ccccc1OC. The molecule has 3 rings (SSSR count). The molecule has 0 aromatic heterocycles. The summed E-state index contributed by atoms with van der Waals surface area (Å²) in [6.07, 6.45) is 0. The summed E-state index contributed by atoms with van der Waals surface area (Å²) in [7, 11) is 3.20. The summed E-state index contributed by atoms with van der Waals surface area (Å²) in [6.45, 7) is 2.64. The fourth-order valence-corrected chi connectivity index (χ4v) is 2.87. The molecule has 6 nitrogen and oxygen atoms in total. The van der Waals surface area contributed by atoms with Gasteiger partial charge in [-0.15, -0.1) is 0 Å². The number of hydrogen-bond acceptors (Lipinski definition) is 5. The first-order chi connectivity index (χ1) is 12.7. The van der Waals surface area contributed by atoms with Gasteiger partial charge in [-0.1, -0.05) is 12.1 Å². The molecule has 1 amide bonds. The van der Waals surface area contributed by atoms with Crippen LogP contribution in [0.3, 0.4) is 0 Å². The number of carbonyl (C=O) groups excluding carboxylic acids is 1. The molecule has 1 aliphatic rings. The van der Waals surface area contributed by atoms with Crippen LogP contribution >= 0.6 is 0 Å². The van der Waals surface area contributed by atoms with Gasteiger partial charge in [-0.3, -0.25) is 4.79 Å². The second-order valence-electron chi connectivity index (χ2n) is 5.87. The molecule has 2 aromatic carbocycles. The van der Waals surface area contributed by atoms with Gasteiger partial charge in [0.2, 0.25) is 0 Å². The maximum Gasteiger partial charge on any atom is 0.254 e. The molecule has 0 atom stereocenters. The molecule has 2 aromatic rings. The van der Waals surface area contributed by atoms with E-state index in [0.717, 1.165) is 5.56 Å². The highest BCUT2D eigenvalue weighted by Gasteiger charge is 2.20. The predicted octanol–water partition coefficient (Wildman–Crippen LogP) is 2.76. The van der Waals surface area contributed by atoms with E-state index in [1.165, 1.54) is 0 Å². The molecule has 0 N–H and O–H groups in total. The number of benzene rings is 2. The molecule has 0 radical (unpaired) electrons. The quantitative estimate of drug-likeness (QED) is 0.796. The van der Waals surface area contributed by atoms with Crippen molar-refractivity contribution in [2.24, 2.45) is 0 Å². The summed E-state index contributed by atoms with van der Waals surface area (Å²) in [5, 5.41) is 0. The van der Waals surface area contributed by atoms with E-state index in [9.17, 15) is 4.79 Å². The number of ether oxygens (including phenoxy) is 4. The van der Waals surface area contributed by atoms with Gasteiger partial charge in [0.15, 0.2) is 11.5 Å². The molecular weight excluding hydrogens is 334 g/mol. The van der Waals surface area contributed by atoms with Crippen molar-refractivity contribution in [3.8, 4) is 17.2 Å². The molecule has 0 aliphatic carbocycles. The second-order valence-corrected chi connectivity index (χ2v) is 5.87. The van der Waals surface area contributed by atoms with Gasteiger partial charge in [-0.05, 0) is 30.3 Å². The van der Waals surface area contributed by atoms with Crippen LogP contribution in [0.25, 0.3) is 0 Å². The number of nitrogens with zero attached hydrogens (tertiary/aromatic N) is 1. The largest absolute Gasteiger partial charge is 0.496 e. The van der Waals surface area contributed by atoms with E-state index in [2.05, 4.69) is 0 Å². The third-order valence-corrected chi connectivity index (χ3v) is 4.28. The average Bonchev–Trinajstić information content (AvgIpc) is 2.72. The maximum absolute atomic E-state index is 12.7. The Labute approximate surface area is 153 Å². The first-order valence-corrected chi connectivity index (χ1v) is 8.52. The third kappa shape index (κ3) is 4.08. The molecule has 6 heteroatoms. The van der Waals surface area contributed by atoms with Gasteiger partial charge < -0.3 is 23.8 Å². The third-order valence-electron chi connectivity index (χ3n) is 4.28. The second kappa shape index (κ2) is 8.58. The molecule has 26 heavy (non-hydrogen) atoms. The Bertz CT molecular complexity index is 756. The lowest BCUT2D eigenvalue weighted by Crippen LogP contribution is -2.40. The molecule has 1 aliphatic heterocycles. The smallest absolute Gasteiger partial charge is 0.254 e. The van der Waals surface area contributed by atoms with E-state index >= 15 is 0 Å². The van der Waals surface area contributed by atoms with Crippen LogP contribution in [0.5, 0.6) is 17.2 Å². The fraction of sp³-hybridized carbons (Fsp3) is 0.350. The minimum Gasteiger partial charge on any atom is -0.496 e. The number of amides is 1. The van der Waals surface area contributed by atoms with Crippen molar-refractivity contribution in [2.75, 3.05) is 40.5 Å². The Balaban J connectivity index is 1.78. The number of carbonyl (C=O) groups is 1. The molecule has 0 unspecified atom stereocenters. The summed E-state index contributed by atoms with van der Waals surface area (Å²) in [5.41, 5.74) is 1.42. The van der Waals surface area contributed by atoms with Crippen LogP contribution in [0.1, 0.15) is 15.9 Å². The zero-order chi connectivity index (χ0) is 18.4. The van der Waals surface area contributed by atoms with Gasteiger partial charge >= 0.3 is 0 Å². The highest BCUT2D eigenvalue weighted by Crippen LogP contribution is 2.28.